The van der Waals surface area contributed by atoms with Crippen molar-refractivity contribution >= 4 is 17.4 Å². The molecule has 0 aliphatic carbocycles. The molecule has 0 saturated heterocycles. The quantitative estimate of drug-likeness (QED) is 0.529. The average molecular weight is 460 g/mol. The van der Waals surface area contributed by atoms with Gasteiger partial charge in [0.15, 0.2) is 0 Å². The SMILES string of the molecule is CN(CCCOc1ccc(-c2ncc(CNC(=O)OC(C)(C)C)s2)cc1)CC(F)(F)F. The first kappa shape index (κ1) is 24.9. The molecule has 0 saturated carbocycles. The van der Waals surface area contributed by atoms with Crippen molar-refractivity contribution in [3.8, 4) is 16.3 Å². The topological polar surface area (TPSA) is 63.7 Å². The highest BCUT2D eigenvalue weighted by molar-refractivity contribution is 7.15. The van der Waals surface area contributed by atoms with E-state index < -0.39 is 24.4 Å². The lowest BCUT2D eigenvalue weighted by molar-refractivity contribution is -0.143. The molecule has 172 valence electrons. The number of nitrogens with one attached hydrogen (secondary N) is 1. The molecule has 0 atom stereocenters. The van der Waals surface area contributed by atoms with Gasteiger partial charge in [0.05, 0.1) is 19.7 Å². The highest BCUT2D eigenvalue weighted by Gasteiger charge is 2.28. The zero-order valence-electron chi connectivity index (χ0n) is 18.1. The predicted octanol–water partition coefficient (Wildman–Crippen LogP) is 5.10. The molecule has 2 rings (SSSR count). The molecule has 0 spiro atoms. The fourth-order valence-electron chi connectivity index (χ4n) is 2.60. The van der Waals surface area contributed by atoms with Crippen LogP contribution in [0.5, 0.6) is 5.75 Å². The number of alkyl halides is 3. The smallest absolute Gasteiger partial charge is 0.407 e. The number of carbonyl (C=O) groups is 1. The summed E-state index contributed by atoms with van der Waals surface area (Å²) in [6.45, 7) is 5.45. The lowest BCUT2D eigenvalue weighted by Crippen LogP contribution is -2.32. The van der Waals surface area contributed by atoms with Gasteiger partial charge in [-0.15, -0.1) is 11.3 Å². The zero-order chi connectivity index (χ0) is 23.1. The molecule has 0 aliphatic rings. The van der Waals surface area contributed by atoms with Gasteiger partial charge in [0.25, 0.3) is 0 Å². The molecule has 10 heteroatoms. The van der Waals surface area contributed by atoms with Gasteiger partial charge >= 0.3 is 12.3 Å². The molecule has 1 aromatic carbocycles. The summed E-state index contributed by atoms with van der Waals surface area (Å²) in [5.41, 5.74) is 0.358. The molecule has 1 heterocycles. The number of thiazole rings is 1. The molecule has 2 aromatic rings. The summed E-state index contributed by atoms with van der Waals surface area (Å²) in [5, 5.41) is 3.51. The summed E-state index contributed by atoms with van der Waals surface area (Å²) in [5.74, 6) is 0.644. The monoisotopic (exact) mass is 459 g/mol. The van der Waals surface area contributed by atoms with E-state index in [-0.39, 0.29) is 0 Å². The standard InChI is InChI=1S/C21H28F3N3O3S/c1-20(2,3)30-19(28)26-13-17-12-25-18(31-17)15-6-8-16(9-7-15)29-11-5-10-27(4)14-21(22,23)24/h6-9,12H,5,10-11,13-14H2,1-4H3,(H,26,28). The Morgan fingerprint density at radius 3 is 2.48 bits per heavy atom. The Balaban J connectivity index is 1.77. The van der Waals surface area contributed by atoms with E-state index in [1.165, 1.54) is 23.3 Å². The van der Waals surface area contributed by atoms with Gasteiger partial charge in [-0.1, -0.05) is 0 Å². The summed E-state index contributed by atoms with van der Waals surface area (Å²) in [6.07, 6.45) is -2.46. The van der Waals surface area contributed by atoms with Gasteiger partial charge in [0, 0.05) is 23.2 Å². The van der Waals surface area contributed by atoms with E-state index in [2.05, 4.69) is 10.3 Å². The molecule has 6 nitrogen and oxygen atoms in total. The number of benzene rings is 1. The number of carbonyl (C=O) groups excluding carboxylic acids is 1. The Morgan fingerprint density at radius 2 is 1.87 bits per heavy atom. The molecule has 0 aliphatic heterocycles. The third kappa shape index (κ3) is 10.0. The van der Waals surface area contributed by atoms with Gasteiger partial charge in [0.1, 0.15) is 16.4 Å². The van der Waals surface area contributed by atoms with Crippen LogP contribution in [-0.2, 0) is 11.3 Å². The van der Waals surface area contributed by atoms with E-state index in [0.717, 1.165) is 15.4 Å². The molecular weight excluding hydrogens is 431 g/mol. The Hall–Kier alpha value is -2.33. The van der Waals surface area contributed by atoms with Crippen LogP contribution in [0.3, 0.4) is 0 Å². The maximum absolute atomic E-state index is 12.3. The lowest BCUT2D eigenvalue weighted by Gasteiger charge is -2.19. The van der Waals surface area contributed by atoms with Crippen molar-refractivity contribution in [2.75, 3.05) is 26.7 Å². The summed E-state index contributed by atoms with van der Waals surface area (Å²) in [7, 11) is 1.44. The molecule has 31 heavy (non-hydrogen) atoms. The molecule has 1 amide bonds. The number of amides is 1. The van der Waals surface area contributed by atoms with Crippen LogP contribution in [-0.4, -0.2) is 54.5 Å². The van der Waals surface area contributed by atoms with Crippen LogP contribution in [0, 0.1) is 0 Å². The third-order valence-electron chi connectivity index (χ3n) is 3.86. The molecule has 1 N–H and O–H groups in total. The van der Waals surface area contributed by atoms with Gasteiger partial charge in [-0.2, -0.15) is 13.2 Å². The largest absolute Gasteiger partial charge is 0.494 e. The predicted molar refractivity (Wildman–Crippen MR) is 114 cm³/mol. The van der Waals surface area contributed by atoms with Crippen LogP contribution < -0.4 is 10.1 Å². The fraction of sp³-hybridized carbons (Fsp3) is 0.524. The lowest BCUT2D eigenvalue weighted by atomic mass is 10.2. The van der Waals surface area contributed by atoms with E-state index in [9.17, 15) is 18.0 Å². The van der Waals surface area contributed by atoms with Gasteiger partial charge in [-0.25, -0.2) is 9.78 Å². The van der Waals surface area contributed by atoms with E-state index >= 15 is 0 Å². The number of aromatic nitrogens is 1. The number of hydrogen-bond donors (Lipinski definition) is 1. The zero-order valence-corrected chi connectivity index (χ0v) is 18.9. The van der Waals surface area contributed by atoms with E-state index in [1.807, 2.05) is 12.1 Å². The van der Waals surface area contributed by atoms with Crippen LogP contribution >= 0.6 is 11.3 Å². The molecule has 0 fully saturated rings. The van der Waals surface area contributed by atoms with E-state index in [1.54, 1.807) is 39.1 Å². The van der Waals surface area contributed by atoms with E-state index in [4.69, 9.17) is 9.47 Å². The number of nitrogens with zero attached hydrogens (tertiary/aromatic N) is 2. The minimum Gasteiger partial charge on any atom is -0.494 e. The van der Waals surface area contributed by atoms with E-state index in [0.29, 0.717) is 31.9 Å². The Morgan fingerprint density at radius 1 is 1.19 bits per heavy atom. The fourth-order valence-corrected chi connectivity index (χ4v) is 3.46. The third-order valence-corrected chi connectivity index (χ3v) is 4.91. The van der Waals surface area contributed by atoms with Crippen molar-refractivity contribution in [3.05, 3.63) is 35.3 Å². The summed E-state index contributed by atoms with van der Waals surface area (Å²) >= 11 is 1.46. The van der Waals surface area contributed by atoms with Crippen molar-refractivity contribution in [1.29, 1.82) is 0 Å². The number of ether oxygens (including phenoxy) is 2. The Kier molecular flexibility index (Phi) is 8.69. The summed E-state index contributed by atoms with van der Waals surface area (Å²) in [6, 6.07) is 7.34. The first-order chi connectivity index (χ1) is 14.4. The van der Waals surface area contributed by atoms with Gasteiger partial charge in [-0.3, -0.25) is 4.90 Å². The van der Waals surface area contributed by atoms with Gasteiger partial charge in [0.2, 0.25) is 0 Å². The first-order valence-electron chi connectivity index (χ1n) is 9.81. The summed E-state index contributed by atoms with van der Waals surface area (Å²) < 4.78 is 47.7. The van der Waals surface area contributed by atoms with Crippen LogP contribution in [0.4, 0.5) is 18.0 Å². The second kappa shape index (κ2) is 10.8. The molecule has 0 radical (unpaired) electrons. The number of hydrogen-bond acceptors (Lipinski definition) is 6. The average Bonchev–Trinajstić information content (AvgIpc) is 3.10. The normalized spacial score (nSPS) is 12.1. The molecule has 1 aromatic heterocycles. The van der Waals surface area contributed by atoms with Crippen molar-refractivity contribution in [3.63, 3.8) is 0 Å². The Bertz CT molecular complexity index is 833. The Labute approximate surface area is 184 Å². The molecule has 0 unspecified atom stereocenters. The van der Waals surface area contributed by atoms with Crippen molar-refractivity contribution in [1.82, 2.24) is 15.2 Å². The minimum atomic E-state index is -4.19. The van der Waals surface area contributed by atoms with Crippen LogP contribution in [0.2, 0.25) is 0 Å². The molecular formula is C21H28F3N3O3S. The second-order valence-electron chi connectivity index (χ2n) is 8.07. The van der Waals surface area contributed by atoms with Gasteiger partial charge < -0.3 is 14.8 Å². The van der Waals surface area contributed by atoms with Gasteiger partial charge in [-0.05, 0) is 58.5 Å². The number of halogens is 3. The van der Waals surface area contributed by atoms with Crippen molar-refractivity contribution in [2.24, 2.45) is 0 Å². The highest BCUT2D eigenvalue weighted by atomic mass is 32.1. The van der Waals surface area contributed by atoms with Crippen molar-refractivity contribution < 1.29 is 27.4 Å². The highest BCUT2D eigenvalue weighted by Crippen LogP contribution is 2.27. The summed E-state index contributed by atoms with van der Waals surface area (Å²) in [4.78, 5) is 18.2. The van der Waals surface area contributed by atoms with Crippen molar-refractivity contribution in [2.45, 2.75) is 45.5 Å². The number of rotatable bonds is 9. The maximum Gasteiger partial charge on any atom is 0.407 e. The molecule has 0 bridgehead atoms. The van der Waals surface area contributed by atoms with Crippen LogP contribution in [0.25, 0.3) is 10.6 Å². The van der Waals surface area contributed by atoms with Crippen LogP contribution in [0.15, 0.2) is 30.5 Å². The second-order valence-corrected chi connectivity index (χ2v) is 9.18. The first-order valence-corrected chi connectivity index (χ1v) is 10.6. The maximum atomic E-state index is 12.3. The minimum absolute atomic E-state index is 0.302. The van der Waals surface area contributed by atoms with Crippen LogP contribution in [0.1, 0.15) is 32.1 Å². The number of alkyl carbamates (subject to hydrolysis) is 1.